The van der Waals surface area contributed by atoms with E-state index < -0.39 is 5.91 Å². The smallest absolute Gasteiger partial charge is 0.307 e. The van der Waals surface area contributed by atoms with Gasteiger partial charge in [0, 0.05) is 0 Å². The van der Waals surface area contributed by atoms with Gasteiger partial charge in [-0.1, -0.05) is 42.5 Å². The Morgan fingerprint density at radius 3 is 2.50 bits per heavy atom. The fourth-order valence-corrected chi connectivity index (χ4v) is 3.29. The number of hydrogen-bond acceptors (Lipinski definition) is 5. The van der Waals surface area contributed by atoms with Crippen LogP contribution in [-0.2, 0) is 6.54 Å². The van der Waals surface area contributed by atoms with Gasteiger partial charge in [-0.2, -0.15) is 5.10 Å². The Bertz CT molecular complexity index is 1310. The molecular weight excluding hydrogens is 404 g/mol. The molecule has 1 N–H and O–H groups in total. The minimum atomic E-state index is -0.564. The number of para-hydroxylation sites is 1. The number of benzene rings is 3. The van der Waals surface area contributed by atoms with Gasteiger partial charge in [0.2, 0.25) is 5.82 Å². The van der Waals surface area contributed by atoms with Crippen molar-refractivity contribution in [2.75, 3.05) is 6.61 Å². The quantitative estimate of drug-likeness (QED) is 0.361. The Kier molecular flexibility index (Phi) is 6.36. The van der Waals surface area contributed by atoms with Gasteiger partial charge in [0.05, 0.1) is 30.3 Å². The zero-order valence-corrected chi connectivity index (χ0v) is 17.6. The van der Waals surface area contributed by atoms with Crippen LogP contribution < -0.4 is 15.7 Å². The van der Waals surface area contributed by atoms with Crippen LogP contribution in [0.3, 0.4) is 0 Å². The van der Waals surface area contributed by atoms with Gasteiger partial charge in [-0.05, 0) is 54.4 Å². The summed E-state index contributed by atoms with van der Waals surface area (Å²) in [5.74, 6) is 0.200. The van der Waals surface area contributed by atoms with E-state index in [1.54, 1.807) is 24.3 Å². The largest absolute Gasteiger partial charge is 0.494 e. The number of fused-ring (bicyclic) bond motifs is 1. The van der Waals surface area contributed by atoms with Gasteiger partial charge in [-0.3, -0.25) is 14.2 Å². The maximum absolute atomic E-state index is 13.1. The summed E-state index contributed by atoms with van der Waals surface area (Å²) in [6.45, 7) is 2.74. The SMILES string of the molecule is CCOc1ccc(/C=N\NC(=O)c2nc3ccccc3c(=O)n2Cc2ccccc2)cc1. The van der Waals surface area contributed by atoms with Crippen LogP contribution in [0.1, 0.15) is 28.7 Å². The van der Waals surface area contributed by atoms with Crippen molar-refractivity contribution in [3.8, 4) is 5.75 Å². The molecule has 1 aromatic heterocycles. The number of carbonyl (C=O) groups excluding carboxylic acids is 1. The van der Waals surface area contributed by atoms with Crippen molar-refractivity contribution in [2.45, 2.75) is 13.5 Å². The molecule has 4 rings (SSSR count). The predicted molar refractivity (Wildman–Crippen MR) is 124 cm³/mol. The highest BCUT2D eigenvalue weighted by Crippen LogP contribution is 2.12. The Balaban J connectivity index is 1.62. The second kappa shape index (κ2) is 9.70. The molecule has 7 nitrogen and oxygen atoms in total. The molecular formula is C25H22N4O3. The third-order valence-electron chi connectivity index (χ3n) is 4.82. The number of amides is 1. The number of hydrogen-bond donors (Lipinski definition) is 1. The van der Waals surface area contributed by atoms with E-state index in [-0.39, 0.29) is 17.9 Å². The van der Waals surface area contributed by atoms with Gasteiger partial charge >= 0.3 is 5.91 Å². The molecule has 0 radical (unpaired) electrons. The van der Waals surface area contributed by atoms with Gasteiger partial charge in [0.1, 0.15) is 5.75 Å². The Morgan fingerprint density at radius 2 is 1.75 bits per heavy atom. The normalized spacial score (nSPS) is 11.0. The summed E-state index contributed by atoms with van der Waals surface area (Å²) in [4.78, 5) is 30.5. The van der Waals surface area contributed by atoms with Crippen molar-refractivity contribution in [3.63, 3.8) is 0 Å². The Labute approximate surface area is 185 Å². The number of nitrogens with one attached hydrogen (secondary N) is 1. The number of hydrazone groups is 1. The topological polar surface area (TPSA) is 85.6 Å². The summed E-state index contributed by atoms with van der Waals surface area (Å²) in [5, 5.41) is 4.49. The molecule has 32 heavy (non-hydrogen) atoms. The van der Waals surface area contributed by atoms with Crippen molar-refractivity contribution in [1.29, 1.82) is 0 Å². The molecule has 0 bridgehead atoms. The monoisotopic (exact) mass is 426 g/mol. The summed E-state index contributed by atoms with van der Waals surface area (Å²) in [6, 6.07) is 23.8. The zero-order valence-electron chi connectivity index (χ0n) is 17.6. The third kappa shape index (κ3) is 4.73. The molecule has 1 heterocycles. The van der Waals surface area contributed by atoms with Crippen molar-refractivity contribution in [3.05, 3.63) is 106 Å². The van der Waals surface area contributed by atoms with Gasteiger partial charge in [0.25, 0.3) is 5.56 Å². The van der Waals surface area contributed by atoms with Crippen LogP contribution in [0.15, 0.2) is 88.8 Å². The van der Waals surface area contributed by atoms with Crippen LogP contribution >= 0.6 is 0 Å². The van der Waals surface area contributed by atoms with Gasteiger partial charge < -0.3 is 4.74 Å². The van der Waals surface area contributed by atoms with Gasteiger partial charge in [0.15, 0.2) is 0 Å². The van der Waals surface area contributed by atoms with Crippen LogP contribution in [0.5, 0.6) is 5.75 Å². The summed E-state index contributed by atoms with van der Waals surface area (Å²) in [7, 11) is 0. The zero-order chi connectivity index (χ0) is 22.3. The number of aromatic nitrogens is 2. The second-order valence-corrected chi connectivity index (χ2v) is 7.03. The molecule has 0 fully saturated rings. The fourth-order valence-electron chi connectivity index (χ4n) is 3.29. The molecule has 0 aliphatic carbocycles. The van der Waals surface area contributed by atoms with E-state index in [4.69, 9.17) is 4.74 Å². The highest BCUT2D eigenvalue weighted by Gasteiger charge is 2.17. The molecule has 0 spiro atoms. The van der Waals surface area contributed by atoms with E-state index in [0.29, 0.717) is 17.5 Å². The highest BCUT2D eigenvalue weighted by atomic mass is 16.5. The maximum atomic E-state index is 13.1. The van der Waals surface area contributed by atoms with Crippen LogP contribution in [0.2, 0.25) is 0 Å². The summed E-state index contributed by atoms with van der Waals surface area (Å²) >= 11 is 0. The van der Waals surface area contributed by atoms with Crippen LogP contribution in [0, 0.1) is 0 Å². The van der Waals surface area contributed by atoms with Crippen molar-refractivity contribution < 1.29 is 9.53 Å². The average Bonchev–Trinajstić information content (AvgIpc) is 2.83. The molecule has 160 valence electrons. The van der Waals surface area contributed by atoms with E-state index in [2.05, 4.69) is 15.5 Å². The first-order valence-electron chi connectivity index (χ1n) is 10.3. The molecule has 0 saturated heterocycles. The predicted octanol–water partition coefficient (Wildman–Crippen LogP) is 3.61. The van der Waals surface area contributed by atoms with Gasteiger partial charge in [-0.25, -0.2) is 10.4 Å². The molecule has 0 unspecified atom stereocenters. The summed E-state index contributed by atoms with van der Waals surface area (Å²) in [5.41, 5.74) is 4.35. The lowest BCUT2D eigenvalue weighted by molar-refractivity contribution is 0.0939. The van der Waals surface area contributed by atoms with E-state index in [1.165, 1.54) is 10.8 Å². The minimum absolute atomic E-state index is 0.00129. The van der Waals surface area contributed by atoms with Crippen LogP contribution in [0.4, 0.5) is 0 Å². The van der Waals surface area contributed by atoms with Crippen LogP contribution in [-0.4, -0.2) is 28.3 Å². The number of nitrogens with zero attached hydrogens (tertiary/aromatic N) is 3. The lowest BCUT2D eigenvalue weighted by Crippen LogP contribution is -2.32. The van der Waals surface area contributed by atoms with E-state index in [9.17, 15) is 9.59 Å². The lowest BCUT2D eigenvalue weighted by atomic mass is 10.2. The van der Waals surface area contributed by atoms with Gasteiger partial charge in [-0.15, -0.1) is 0 Å². The molecule has 0 aliphatic rings. The summed E-state index contributed by atoms with van der Waals surface area (Å²) in [6.07, 6.45) is 1.52. The number of rotatable bonds is 7. The first-order valence-corrected chi connectivity index (χ1v) is 10.3. The van der Waals surface area contributed by atoms with Crippen molar-refractivity contribution in [2.24, 2.45) is 5.10 Å². The lowest BCUT2D eigenvalue weighted by Gasteiger charge is -2.12. The first-order chi connectivity index (χ1) is 15.7. The van der Waals surface area contributed by atoms with Crippen molar-refractivity contribution >= 4 is 23.0 Å². The fraction of sp³-hybridized carbons (Fsp3) is 0.120. The average molecular weight is 426 g/mol. The number of carbonyl (C=O) groups is 1. The molecule has 3 aromatic carbocycles. The highest BCUT2D eigenvalue weighted by molar-refractivity contribution is 5.93. The van der Waals surface area contributed by atoms with E-state index in [1.807, 2.05) is 61.5 Å². The first kappa shape index (κ1) is 21.0. The Morgan fingerprint density at radius 1 is 1.03 bits per heavy atom. The maximum Gasteiger partial charge on any atom is 0.307 e. The van der Waals surface area contributed by atoms with E-state index >= 15 is 0 Å². The second-order valence-electron chi connectivity index (χ2n) is 7.03. The molecule has 1 amide bonds. The molecule has 7 heteroatoms. The van der Waals surface area contributed by atoms with Crippen LogP contribution in [0.25, 0.3) is 10.9 Å². The molecule has 4 aromatic rings. The number of ether oxygens (including phenoxy) is 1. The molecule has 0 saturated carbocycles. The van der Waals surface area contributed by atoms with Crippen molar-refractivity contribution in [1.82, 2.24) is 15.0 Å². The minimum Gasteiger partial charge on any atom is -0.494 e. The molecule has 0 aliphatic heterocycles. The van der Waals surface area contributed by atoms with E-state index in [0.717, 1.165) is 16.9 Å². The molecule has 0 atom stereocenters. The summed E-state index contributed by atoms with van der Waals surface area (Å²) < 4.78 is 6.79. The standard InChI is InChI=1S/C25H22N4O3/c1-2-32-20-14-12-18(13-15-20)16-26-28-24(30)23-27-22-11-7-6-10-21(22)25(31)29(23)17-19-8-4-3-5-9-19/h3-16H,2,17H2,1H3,(H,28,30)/b26-16-. The Hall–Kier alpha value is -4.26. The third-order valence-corrected chi connectivity index (χ3v) is 4.82.